The minimum absolute atomic E-state index is 0.0510. The smallest absolute Gasteiger partial charge is 0.436 e. The second kappa shape index (κ2) is 8.66. The molecule has 8 nitrogen and oxygen atoms in total. The van der Waals surface area contributed by atoms with E-state index in [1.807, 2.05) is 0 Å². The number of nitrogens with one attached hydrogen (secondary N) is 1. The summed E-state index contributed by atoms with van der Waals surface area (Å²) in [6.45, 7) is 3.12. The lowest BCUT2D eigenvalue weighted by Gasteiger charge is -2.30. The van der Waals surface area contributed by atoms with Crippen molar-refractivity contribution in [1.29, 1.82) is 0 Å². The summed E-state index contributed by atoms with van der Waals surface area (Å²) in [4.78, 5) is 51.1. The molecule has 1 aliphatic heterocycles. The van der Waals surface area contributed by atoms with E-state index in [0.29, 0.717) is 10.6 Å². The van der Waals surface area contributed by atoms with Crippen molar-refractivity contribution in [1.82, 2.24) is 15.3 Å². The number of likely N-dealkylation sites (tertiary alicyclic amines) is 1. The molecule has 0 aliphatic carbocycles. The summed E-state index contributed by atoms with van der Waals surface area (Å²) in [6, 6.07) is 7.58. The van der Waals surface area contributed by atoms with Crippen molar-refractivity contribution in [2.45, 2.75) is 13.3 Å². The summed E-state index contributed by atoms with van der Waals surface area (Å²) in [5.41, 5.74) is 3.22. The van der Waals surface area contributed by atoms with Crippen LogP contribution >= 0.6 is 11.3 Å². The van der Waals surface area contributed by atoms with Gasteiger partial charge in [0.2, 0.25) is 0 Å². The fourth-order valence-corrected chi connectivity index (χ4v) is 3.14. The van der Waals surface area contributed by atoms with Gasteiger partial charge >= 0.3 is 6.09 Å². The van der Waals surface area contributed by atoms with Crippen LogP contribution in [-0.4, -0.2) is 53.4 Å². The van der Waals surface area contributed by atoms with Gasteiger partial charge < -0.3 is 9.64 Å². The third kappa shape index (κ3) is 4.20. The molecule has 0 atom stereocenters. The predicted octanol–water partition coefficient (Wildman–Crippen LogP) is 2.54. The lowest BCUT2D eigenvalue weighted by molar-refractivity contribution is 0.0506. The Bertz CT molecular complexity index is 875. The maximum Gasteiger partial charge on any atom is 0.436 e. The minimum atomic E-state index is -0.975. The molecule has 28 heavy (non-hydrogen) atoms. The van der Waals surface area contributed by atoms with Crippen molar-refractivity contribution in [3.05, 3.63) is 57.8 Å². The van der Waals surface area contributed by atoms with Gasteiger partial charge in [0.05, 0.1) is 12.2 Å². The number of hydrazine groups is 1. The molecule has 0 spiro atoms. The van der Waals surface area contributed by atoms with Gasteiger partial charge in [0.1, 0.15) is 0 Å². The molecule has 3 rings (SSSR count). The van der Waals surface area contributed by atoms with Crippen molar-refractivity contribution in [3.8, 4) is 0 Å². The van der Waals surface area contributed by atoms with Crippen LogP contribution in [0, 0.1) is 0 Å². The van der Waals surface area contributed by atoms with E-state index >= 15 is 0 Å². The fourth-order valence-electron chi connectivity index (χ4n) is 2.51. The standard InChI is InChI=1S/C19H19N3O5S/c1-2-27-19(26)22(18(25)15-8-11-28-12-15)20-16(23)13-4-6-14(7-5-13)17(24)21-9-3-10-21/h4-8,11-12H,2-3,9-10H2,1H3,(H,20,23). The molecule has 4 amide bonds. The molecule has 0 saturated carbocycles. The van der Waals surface area contributed by atoms with Crippen LogP contribution in [0.1, 0.15) is 44.4 Å². The number of carbonyl (C=O) groups is 4. The monoisotopic (exact) mass is 401 g/mol. The molecule has 1 N–H and O–H groups in total. The summed E-state index contributed by atoms with van der Waals surface area (Å²) in [7, 11) is 0. The van der Waals surface area contributed by atoms with E-state index < -0.39 is 17.9 Å². The van der Waals surface area contributed by atoms with Gasteiger partial charge in [-0.05, 0) is 49.1 Å². The maximum atomic E-state index is 12.5. The zero-order chi connectivity index (χ0) is 20.1. The largest absolute Gasteiger partial charge is 0.448 e. The van der Waals surface area contributed by atoms with Gasteiger partial charge in [0.15, 0.2) is 0 Å². The lowest BCUT2D eigenvalue weighted by atomic mass is 10.1. The van der Waals surface area contributed by atoms with Crippen LogP contribution in [0.25, 0.3) is 0 Å². The number of amides is 4. The van der Waals surface area contributed by atoms with E-state index in [1.54, 1.807) is 40.8 Å². The Morgan fingerprint density at radius 3 is 2.29 bits per heavy atom. The van der Waals surface area contributed by atoms with Crippen molar-refractivity contribution in [3.63, 3.8) is 0 Å². The first-order valence-electron chi connectivity index (χ1n) is 8.75. The third-order valence-electron chi connectivity index (χ3n) is 4.17. The van der Waals surface area contributed by atoms with Crippen LogP contribution in [0.4, 0.5) is 4.79 Å². The number of thiophene rings is 1. The highest BCUT2D eigenvalue weighted by atomic mass is 32.1. The molecule has 0 unspecified atom stereocenters. The van der Waals surface area contributed by atoms with E-state index in [-0.39, 0.29) is 23.6 Å². The van der Waals surface area contributed by atoms with Crippen molar-refractivity contribution >= 4 is 35.2 Å². The average Bonchev–Trinajstić information content (AvgIpc) is 3.19. The van der Waals surface area contributed by atoms with Crippen molar-refractivity contribution < 1.29 is 23.9 Å². The Morgan fingerprint density at radius 2 is 1.75 bits per heavy atom. The molecule has 2 aromatic rings. The van der Waals surface area contributed by atoms with E-state index in [2.05, 4.69) is 5.43 Å². The summed E-state index contributed by atoms with van der Waals surface area (Å²) < 4.78 is 4.86. The van der Waals surface area contributed by atoms with E-state index in [4.69, 9.17) is 4.74 Å². The topological polar surface area (TPSA) is 96.0 Å². The number of imide groups is 1. The van der Waals surface area contributed by atoms with Crippen LogP contribution in [0.2, 0.25) is 0 Å². The summed E-state index contributed by atoms with van der Waals surface area (Å²) >= 11 is 1.29. The molecule has 1 aromatic carbocycles. The van der Waals surface area contributed by atoms with Crippen molar-refractivity contribution in [2.75, 3.05) is 19.7 Å². The second-order valence-electron chi connectivity index (χ2n) is 6.02. The van der Waals surface area contributed by atoms with E-state index in [0.717, 1.165) is 19.5 Å². The Morgan fingerprint density at radius 1 is 1.07 bits per heavy atom. The Hall–Kier alpha value is -3.20. The molecule has 2 heterocycles. The molecular weight excluding hydrogens is 382 g/mol. The molecule has 1 fully saturated rings. The van der Waals surface area contributed by atoms with Gasteiger partial charge in [0.25, 0.3) is 17.7 Å². The number of hydrogen-bond donors (Lipinski definition) is 1. The maximum absolute atomic E-state index is 12.5. The summed E-state index contributed by atoms with van der Waals surface area (Å²) in [5, 5.41) is 3.80. The molecule has 9 heteroatoms. The molecule has 1 saturated heterocycles. The van der Waals surface area contributed by atoms with E-state index in [1.165, 1.54) is 23.5 Å². The number of ether oxygens (including phenoxy) is 1. The fraction of sp³-hybridized carbons (Fsp3) is 0.263. The Kier molecular flexibility index (Phi) is 6.05. The van der Waals surface area contributed by atoms with Gasteiger partial charge in [-0.15, -0.1) is 5.01 Å². The van der Waals surface area contributed by atoms with Crippen LogP contribution in [0.5, 0.6) is 0 Å². The molecule has 0 bridgehead atoms. The third-order valence-corrected chi connectivity index (χ3v) is 4.86. The number of hydrogen-bond acceptors (Lipinski definition) is 6. The molecule has 0 radical (unpaired) electrons. The summed E-state index contributed by atoms with van der Waals surface area (Å²) in [6.07, 6.45) is 0.0188. The highest BCUT2D eigenvalue weighted by Gasteiger charge is 2.27. The molecular formula is C19H19N3O5S. The highest BCUT2D eigenvalue weighted by Crippen LogP contribution is 2.14. The number of rotatable bonds is 4. The summed E-state index contributed by atoms with van der Waals surface area (Å²) in [5.74, 6) is -1.45. The lowest BCUT2D eigenvalue weighted by Crippen LogP contribution is -2.50. The van der Waals surface area contributed by atoms with Crippen LogP contribution in [-0.2, 0) is 4.74 Å². The molecule has 1 aromatic heterocycles. The first-order valence-corrected chi connectivity index (χ1v) is 9.69. The predicted molar refractivity (Wildman–Crippen MR) is 102 cm³/mol. The van der Waals surface area contributed by atoms with Gasteiger partial charge in [-0.1, -0.05) is 0 Å². The number of benzene rings is 1. The van der Waals surface area contributed by atoms with Crippen LogP contribution in [0.15, 0.2) is 41.1 Å². The first-order chi connectivity index (χ1) is 13.5. The normalized spacial score (nSPS) is 12.7. The average molecular weight is 401 g/mol. The van der Waals surface area contributed by atoms with E-state index in [9.17, 15) is 19.2 Å². The number of nitrogens with zero attached hydrogens (tertiary/aromatic N) is 2. The SMILES string of the molecule is CCOC(=O)N(NC(=O)c1ccc(C(=O)N2CCC2)cc1)C(=O)c1ccsc1. The first kappa shape index (κ1) is 19.6. The van der Waals surface area contributed by atoms with Gasteiger partial charge in [-0.3, -0.25) is 19.8 Å². The quantitative estimate of drug-likeness (QED) is 0.795. The van der Waals surface area contributed by atoms with Gasteiger partial charge in [-0.2, -0.15) is 11.3 Å². The minimum Gasteiger partial charge on any atom is -0.448 e. The van der Waals surface area contributed by atoms with Crippen LogP contribution < -0.4 is 5.43 Å². The molecule has 146 valence electrons. The van der Waals surface area contributed by atoms with Crippen LogP contribution in [0.3, 0.4) is 0 Å². The Labute approximate surface area is 165 Å². The zero-order valence-corrected chi connectivity index (χ0v) is 16.0. The zero-order valence-electron chi connectivity index (χ0n) is 15.2. The van der Waals surface area contributed by atoms with Crippen molar-refractivity contribution in [2.24, 2.45) is 0 Å². The number of carbonyl (C=O) groups excluding carboxylic acids is 4. The van der Waals surface area contributed by atoms with Gasteiger partial charge in [0, 0.05) is 29.6 Å². The van der Waals surface area contributed by atoms with Gasteiger partial charge in [-0.25, -0.2) is 4.79 Å². The molecule has 1 aliphatic rings. The second-order valence-corrected chi connectivity index (χ2v) is 6.80. The highest BCUT2D eigenvalue weighted by molar-refractivity contribution is 7.08. The Balaban J connectivity index is 1.72.